The summed E-state index contributed by atoms with van der Waals surface area (Å²) in [6, 6.07) is 6.33. The Labute approximate surface area is 110 Å². The molecule has 3 nitrogen and oxygen atoms in total. The maximum Gasteiger partial charge on any atom is 0.0830 e. The van der Waals surface area contributed by atoms with Crippen molar-refractivity contribution in [2.45, 2.75) is 33.2 Å². The molecule has 0 unspecified atom stereocenters. The van der Waals surface area contributed by atoms with Crippen molar-refractivity contribution < 1.29 is 0 Å². The fourth-order valence-corrected chi connectivity index (χ4v) is 2.20. The molecule has 0 radical (unpaired) electrons. The molecular formula is C13H16BrN3. The summed E-state index contributed by atoms with van der Waals surface area (Å²) in [4.78, 5) is 0. The number of halogens is 1. The Kier molecular flexibility index (Phi) is 3.94. The summed E-state index contributed by atoms with van der Waals surface area (Å²) in [5.41, 5.74) is 3.74. The second-order valence-electron chi connectivity index (χ2n) is 4.09. The molecule has 0 spiro atoms. The number of hydrogen-bond donors (Lipinski definition) is 0. The summed E-state index contributed by atoms with van der Waals surface area (Å²) < 4.78 is 3.04. The van der Waals surface area contributed by atoms with E-state index in [0.717, 1.165) is 25.1 Å². The Morgan fingerprint density at radius 2 is 2.12 bits per heavy atom. The number of nitrogens with zero attached hydrogens (tertiary/aromatic N) is 3. The van der Waals surface area contributed by atoms with Crippen LogP contribution in [0.4, 0.5) is 0 Å². The van der Waals surface area contributed by atoms with Crippen LogP contribution in [0.1, 0.15) is 23.7 Å². The highest BCUT2D eigenvalue weighted by Gasteiger charge is 2.04. The molecule has 0 bridgehead atoms. The molecule has 0 atom stereocenters. The second kappa shape index (κ2) is 5.45. The van der Waals surface area contributed by atoms with Crippen LogP contribution in [0.25, 0.3) is 0 Å². The zero-order valence-electron chi connectivity index (χ0n) is 10.2. The average molecular weight is 294 g/mol. The van der Waals surface area contributed by atoms with Crippen LogP contribution >= 0.6 is 15.9 Å². The lowest BCUT2D eigenvalue weighted by molar-refractivity contribution is 0.626. The summed E-state index contributed by atoms with van der Waals surface area (Å²) >= 11 is 3.56. The van der Waals surface area contributed by atoms with Gasteiger partial charge in [0, 0.05) is 17.2 Å². The molecule has 0 aliphatic heterocycles. The van der Waals surface area contributed by atoms with Crippen LogP contribution in [-0.2, 0) is 19.4 Å². The minimum absolute atomic E-state index is 0.878. The van der Waals surface area contributed by atoms with Crippen molar-refractivity contribution in [3.05, 3.63) is 45.7 Å². The fraction of sp³-hybridized carbons (Fsp3) is 0.385. The molecule has 90 valence electrons. The molecule has 0 saturated heterocycles. The number of aromatic nitrogens is 3. The van der Waals surface area contributed by atoms with Gasteiger partial charge < -0.3 is 0 Å². The number of benzene rings is 1. The monoisotopic (exact) mass is 293 g/mol. The van der Waals surface area contributed by atoms with Gasteiger partial charge in [-0.05, 0) is 43.9 Å². The maximum absolute atomic E-state index is 4.16. The number of hydrogen-bond acceptors (Lipinski definition) is 2. The van der Waals surface area contributed by atoms with Gasteiger partial charge in [-0.3, -0.25) is 4.68 Å². The van der Waals surface area contributed by atoms with Gasteiger partial charge in [-0.25, -0.2) is 0 Å². The zero-order chi connectivity index (χ0) is 12.3. The molecule has 1 heterocycles. The van der Waals surface area contributed by atoms with Crippen LogP contribution in [0.15, 0.2) is 28.9 Å². The average Bonchev–Trinajstić information content (AvgIpc) is 2.79. The van der Waals surface area contributed by atoms with Gasteiger partial charge in [-0.1, -0.05) is 33.3 Å². The Bertz CT molecular complexity index is 505. The summed E-state index contributed by atoms with van der Waals surface area (Å²) in [5.74, 6) is 0. The van der Waals surface area contributed by atoms with E-state index in [9.17, 15) is 0 Å². The third kappa shape index (κ3) is 2.94. The highest BCUT2D eigenvalue weighted by atomic mass is 79.9. The zero-order valence-corrected chi connectivity index (χ0v) is 11.7. The molecule has 0 aliphatic carbocycles. The molecule has 0 fully saturated rings. The Morgan fingerprint density at radius 3 is 2.82 bits per heavy atom. The lowest BCUT2D eigenvalue weighted by atomic mass is 10.0. The lowest BCUT2D eigenvalue weighted by Gasteiger charge is -2.05. The van der Waals surface area contributed by atoms with Crippen molar-refractivity contribution in [1.29, 1.82) is 0 Å². The van der Waals surface area contributed by atoms with Crippen LogP contribution in [0.3, 0.4) is 0 Å². The summed E-state index contributed by atoms with van der Waals surface area (Å²) in [5, 5.41) is 8.20. The first-order chi connectivity index (χ1) is 8.20. The molecule has 2 aromatic rings. The van der Waals surface area contributed by atoms with Crippen LogP contribution in [0, 0.1) is 6.92 Å². The van der Waals surface area contributed by atoms with E-state index in [-0.39, 0.29) is 0 Å². The van der Waals surface area contributed by atoms with Gasteiger partial charge in [0.25, 0.3) is 0 Å². The van der Waals surface area contributed by atoms with Crippen molar-refractivity contribution in [2.24, 2.45) is 0 Å². The number of rotatable bonds is 4. The van der Waals surface area contributed by atoms with Crippen LogP contribution < -0.4 is 0 Å². The molecule has 0 saturated carbocycles. The quantitative estimate of drug-likeness (QED) is 0.867. The second-order valence-corrected chi connectivity index (χ2v) is 4.94. The van der Waals surface area contributed by atoms with Gasteiger partial charge in [0.1, 0.15) is 0 Å². The van der Waals surface area contributed by atoms with E-state index in [2.05, 4.69) is 58.3 Å². The van der Waals surface area contributed by atoms with Crippen LogP contribution in [-0.4, -0.2) is 15.0 Å². The first kappa shape index (κ1) is 12.3. The SMILES string of the molecule is CCn1cc(CCc2cccc(Br)c2C)nn1. The molecule has 1 aromatic heterocycles. The first-order valence-corrected chi connectivity index (χ1v) is 6.63. The van der Waals surface area contributed by atoms with Gasteiger partial charge in [0.15, 0.2) is 0 Å². The maximum atomic E-state index is 4.16. The van der Waals surface area contributed by atoms with E-state index in [1.165, 1.54) is 15.6 Å². The third-order valence-corrected chi connectivity index (χ3v) is 3.80. The van der Waals surface area contributed by atoms with Gasteiger partial charge in [-0.2, -0.15) is 0 Å². The fourth-order valence-electron chi connectivity index (χ4n) is 1.79. The summed E-state index contributed by atoms with van der Waals surface area (Å²) in [7, 11) is 0. The van der Waals surface area contributed by atoms with Crippen LogP contribution in [0.5, 0.6) is 0 Å². The van der Waals surface area contributed by atoms with Crippen molar-refractivity contribution in [2.75, 3.05) is 0 Å². The van der Waals surface area contributed by atoms with Crippen molar-refractivity contribution in [1.82, 2.24) is 15.0 Å². The normalized spacial score (nSPS) is 10.8. The van der Waals surface area contributed by atoms with Gasteiger partial charge >= 0.3 is 0 Å². The Morgan fingerprint density at radius 1 is 1.29 bits per heavy atom. The van der Waals surface area contributed by atoms with Crippen molar-refractivity contribution in [3.8, 4) is 0 Å². The topological polar surface area (TPSA) is 30.7 Å². The van der Waals surface area contributed by atoms with Gasteiger partial charge in [0.05, 0.1) is 5.69 Å². The minimum Gasteiger partial charge on any atom is -0.253 e. The molecule has 17 heavy (non-hydrogen) atoms. The largest absolute Gasteiger partial charge is 0.253 e. The van der Waals surface area contributed by atoms with Crippen LogP contribution in [0.2, 0.25) is 0 Å². The lowest BCUT2D eigenvalue weighted by Crippen LogP contribution is -1.95. The molecule has 0 aliphatic rings. The predicted molar refractivity (Wildman–Crippen MR) is 72.0 cm³/mol. The minimum atomic E-state index is 0.878. The number of aryl methyl sites for hydroxylation is 3. The summed E-state index contributed by atoms with van der Waals surface area (Å²) in [6.45, 7) is 5.09. The molecule has 1 aromatic carbocycles. The molecule has 0 amide bonds. The van der Waals surface area contributed by atoms with E-state index in [0.29, 0.717) is 0 Å². The van der Waals surface area contributed by atoms with Crippen molar-refractivity contribution >= 4 is 15.9 Å². The van der Waals surface area contributed by atoms with E-state index in [1.54, 1.807) is 0 Å². The van der Waals surface area contributed by atoms with Gasteiger partial charge in [0.2, 0.25) is 0 Å². The molecule has 0 N–H and O–H groups in total. The van der Waals surface area contributed by atoms with E-state index < -0.39 is 0 Å². The molecule has 2 rings (SSSR count). The van der Waals surface area contributed by atoms with Gasteiger partial charge in [-0.15, -0.1) is 5.10 Å². The highest BCUT2D eigenvalue weighted by Crippen LogP contribution is 2.20. The standard InChI is InChI=1S/C13H16BrN3/c1-3-17-9-12(15-16-17)8-7-11-5-4-6-13(14)10(11)2/h4-6,9H,3,7-8H2,1-2H3. The van der Waals surface area contributed by atoms with Crippen molar-refractivity contribution in [3.63, 3.8) is 0 Å². The van der Waals surface area contributed by atoms with E-state index in [1.807, 2.05) is 10.9 Å². The van der Waals surface area contributed by atoms with E-state index in [4.69, 9.17) is 0 Å². The first-order valence-electron chi connectivity index (χ1n) is 5.83. The predicted octanol–water partition coefficient (Wildman–Crippen LogP) is 3.15. The third-order valence-electron chi connectivity index (χ3n) is 2.94. The highest BCUT2D eigenvalue weighted by molar-refractivity contribution is 9.10. The Hall–Kier alpha value is -1.16. The molecular weight excluding hydrogens is 278 g/mol. The molecule has 4 heteroatoms. The summed E-state index contributed by atoms with van der Waals surface area (Å²) in [6.07, 6.45) is 3.97. The smallest absolute Gasteiger partial charge is 0.0830 e. The van der Waals surface area contributed by atoms with E-state index >= 15 is 0 Å². The Balaban J connectivity index is 2.04.